The molecule has 3 rings (SSSR count). The summed E-state index contributed by atoms with van der Waals surface area (Å²) in [5.74, 6) is 0.402. The summed E-state index contributed by atoms with van der Waals surface area (Å²) < 4.78 is 1.97. The zero-order valence-corrected chi connectivity index (χ0v) is 11.1. The van der Waals surface area contributed by atoms with Gasteiger partial charge in [-0.3, -0.25) is 9.78 Å². The number of anilines is 1. The smallest absolute Gasteiger partial charge is 0.223 e. The van der Waals surface area contributed by atoms with Gasteiger partial charge in [-0.25, -0.2) is 4.98 Å². The van der Waals surface area contributed by atoms with Crippen LogP contribution >= 0.6 is 0 Å². The molecule has 1 fully saturated rings. The summed E-state index contributed by atoms with van der Waals surface area (Å²) >= 11 is 0. The summed E-state index contributed by atoms with van der Waals surface area (Å²) in [7, 11) is 0. The molecule has 2 heterocycles. The van der Waals surface area contributed by atoms with E-state index in [9.17, 15) is 4.79 Å². The number of aromatic nitrogens is 3. The third-order valence-electron chi connectivity index (χ3n) is 3.44. The number of carbonyl (C=O) groups is 1. The molecule has 0 unspecified atom stereocenters. The molecular formula is C14H17N5O. The molecule has 0 bridgehead atoms. The van der Waals surface area contributed by atoms with Crippen LogP contribution in [0.1, 0.15) is 12.8 Å². The Morgan fingerprint density at radius 2 is 2.25 bits per heavy atom. The molecule has 20 heavy (non-hydrogen) atoms. The largest absolute Gasteiger partial charge is 0.398 e. The molecule has 0 radical (unpaired) electrons. The highest BCUT2D eigenvalue weighted by Gasteiger charge is 2.29. The van der Waals surface area contributed by atoms with Crippen LogP contribution in [0.4, 0.5) is 5.69 Å². The van der Waals surface area contributed by atoms with E-state index in [1.165, 1.54) is 0 Å². The number of imidazole rings is 1. The number of nitrogen functional groups attached to an aromatic ring is 1. The third-order valence-corrected chi connectivity index (χ3v) is 3.44. The summed E-state index contributed by atoms with van der Waals surface area (Å²) in [4.78, 5) is 19.8. The monoisotopic (exact) mass is 271 g/mol. The van der Waals surface area contributed by atoms with Gasteiger partial charge in [-0.2, -0.15) is 0 Å². The molecule has 3 N–H and O–H groups in total. The molecule has 0 aliphatic heterocycles. The predicted octanol–water partition coefficient (Wildman–Crippen LogP) is 1.05. The number of hydrogen-bond donors (Lipinski definition) is 2. The summed E-state index contributed by atoms with van der Waals surface area (Å²) in [6.07, 6.45) is 8.94. The normalized spacial score (nSPS) is 14.2. The number of rotatable bonds is 5. The van der Waals surface area contributed by atoms with E-state index in [0.29, 0.717) is 18.8 Å². The average molecular weight is 271 g/mol. The van der Waals surface area contributed by atoms with Gasteiger partial charge in [0.15, 0.2) is 0 Å². The molecule has 0 atom stereocenters. The van der Waals surface area contributed by atoms with Gasteiger partial charge in [0.1, 0.15) is 0 Å². The number of hydrogen-bond acceptors (Lipinski definition) is 4. The topological polar surface area (TPSA) is 85.8 Å². The fraction of sp³-hybridized carbons (Fsp3) is 0.357. The first-order valence-electron chi connectivity index (χ1n) is 6.73. The van der Waals surface area contributed by atoms with Crippen molar-refractivity contribution in [2.75, 3.05) is 12.3 Å². The van der Waals surface area contributed by atoms with Gasteiger partial charge in [0.25, 0.3) is 0 Å². The maximum atomic E-state index is 11.6. The highest BCUT2D eigenvalue weighted by atomic mass is 16.2. The highest BCUT2D eigenvalue weighted by Crippen LogP contribution is 2.28. The molecule has 1 aliphatic rings. The Labute approximate surface area is 117 Å². The number of pyridine rings is 1. The lowest BCUT2D eigenvalue weighted by atomic mass is 10.2. The van der Waals surface area contributed by atoms with Crippen molar-refractivity contribution in [3.63, 3.8) is 0 Å². The summed E-state index contributed by atoms with van der Waals surface area (Å²) in [6, 6.07) is 1.77. The van der Waals surface area contributed by atoms with Crippen molar-refractivity contribution in [2.24, 2.45) is 5.92 Å². The summed E-state index contributed by atoms with van der Waals surface area (Å²) in [5.41, 5.74) is 8.40. The Kier molecular flexibility index (Phi) is 3.37. The van der Waals surface area contributed by atoms with E-state index >= 15 is 0 Å². The molecule has 1 saturated carbocycles. The number of nitrogens with zero attached hydrogens (tertiary/aromatic N) is 3. The van der Waals surface area contributed by atoms with E-state index in [0.717, 1.165) is 24.1 Å². The average Bonchev–Trinajstić information content (AvgIpc) is 3.20. The van der Waals surface area contributed by atoms with Crippen LogP contribution in [0.5, 0.6) is 0 Å². The lowest BCUT2D eigenvalue weighted by molar-refractivity contribution is -0.122. The van der Waals surface area contributed by atoms with Crippen molar-refractivity contribution in [3.8, 4) is 11.3 Å². The molecule has 6 nitrogen and oxygen atoms in total. The van der Waals surface area contributed by atoms with Crippen LogP contribution in [0.3, 0.4) is 0 Å². The second-order valence-corrected chi connectivity index (χ2v) is 5.00. The van der Waals surface area contributed by atoms with Crippen LogP contribution in [0.2, 0.25) is 0 Å². The maximum Gasteiger partial charge on any atom is 0.223 e. The first-order valence-corrected chi connectivity index (χ1v) is 6.73. The summed E-state index contributed by atoms with van der Waals surface area (Å²) in [5, 5.41) is 2.94. The van der Waals surface area contributed by atoms with Gasteiger partial charge < -0.3 is 15.6 Å². The van der Waals surface area contributed by atoms with Crippen molar-refractivity contribution in [1.82, 2.24) is 19.9 Å². The Hall–Kier alpha value is -2.37. The Morgan fingerprint density at radius 1 is 1.40 bits per heavy atom. The Bertz CT molecular complexity index is 618. The molecular weight excluding hydrogens is 254 g/mol. The van der Waals surface area contributed by atoms with Crippen molar-refractivity contribution in [2.45, 2.75) is 19.4 Å². The molecule has 104 valence electrons. The van der Waals surface area contributed by atoms with Gasteiger partial charge in [0.05, 0.1) is 18.2 Å². The van der Waals surface area contributed by atoms with Crippen LogP contribution in [0.15, 0.2) is 31.0 Å². The van der Waals surface area contributed by atoms with Gasteiger partial charge in [0.2, 0.25) is 5.91 Å². The fourth-order valence-corrected chi connectivity index (χ4v) is 2.13. The lowest BCUT2D eigenvalue weighted by Crippen LogP contribution is -2.28. The van der Waals surface area contributed by atoms with Gasteiger partial charge in [-0.05, 0) is 18.9 Å². The van der Waals surface area contributed by atoms with E-state index in [4.69, 9.17) is 5.73 Å². The van der Waals surface area contributed by atoms with E-state index < -0.39 is 0 Å². The number of nitrogens with two attached hydrogens (primary N) is 1. The second kappa shape index (κ2) is 5.32. The molecule has 6 heteroatoms. The Morgan fingerprint density at radius 3 is 3.00 bits per heavy atom. The van der Waals surface area contributed by atoms with Crippen molar-refractivity contribution in [3.05, 3.63) is 31.0 Å². The van der Waals surface area contributed by atoms with Crippen molar-refractivity contribution in [1.29, 1.82) is 0 Å². The van der Waals surface area contributed by atoms with Gasteiger partial charge in [0, 0.05) is 42.7 Å². The van der Waals surface area contributed by atoms with E-state index in [-0.39, 0.29) is 11.8 Å². The highest BCUT2D eigenvalue weighted by molar-refractivity contribution is 5.80. The number of nitrogens with one attached hydrogen (secondary N) is 1. The van der Waals surface area contributed by atoms with E-state index in [1.807, 2.05) is 4.57 Å². The van der Waals surface area contributed by atoms with Gasteiger partial charge in [-0.1, -0.05) is 0 Å². The molecule has 2 aromatic heterocycles. The molecule has 1 amide bonds. The van der Waals surface area contributed by atoms with Gasteiger partial charge >= 0.3 is 0 Å². The maximum absolute atomic E-state index is 11.6. The SMILES string of the molecule is Nc1ccncc1-c1cncn1CCNC(=O)C1CC1. The quantitative estimate of drug-likeness (QED) is 0.851. The van der Waals surface area contributed by atoms with Crippen LogP contribution in [0.25, 0.3) is 11.3 Å². The third kappa shape index (κ3) is 2.64. The van der Waals surface area contributed by atoms with Crippen LogP contribution in [-0.4, -0.2) is 27.0 Å². The minimum Gasteiger partial charge on any atom is -0.398 e. The standard InChI is InChI=1S/C14H17N5O/c15-12-3-4-16-7-11(12)13-8-17-9-19(13)6-5-18-14(20)10-1-2-10/h3-4,7-10H,1-2,5-6H2,(H2,15,16)(H,18,20). The molecule has 0 spiro atoms. The van der Waals surface area contributed by atoms with Crippen LogP contribution in [0, 0.1) is 5.92 Å². The second-order valence-electron chi connectivity index (χ2n) is 5.00. The molecule has 0 saturated heterocycles. The Balaban J connectivity index is 1.67. The van der Waals surface area contributed by atoms with Crippen LogP contribution < -0.4 is 11.1 Å². The van der Waals surface area contributed by atoms with Gasteiger partial charge in [-0.15, -0.1) is 0 Å². The van der Waals surface area contributed by atoms with Crippen molar-refractivity contribution >= 4 is 11.6 Å². The number of amides is 1. The minimum atomic E-state index is 0.160. The van der Waals surface area contributed by atoms with Crippen LogP contribution in [-0.2, 0) is 11.3 Å². The zero-order valence-electron chi connectivity index (χ0n) is 11.1. The molecule has 0 aromatic carbocycles. The molecule has 2 aromatic rings. The first-order chi connectivity index (χ1) is 9.75. The zero-order chi connectivity index (χ0) is 13.9. The van der Waals surface area contributed by atoms with Crippen molar-refractivity contribution < 1.29 is 4.79 Å². The first kappa shape index (κ1) is 12.7. The lowest BCUT2D eigenvalue weighted by Gasteiger charge is -2.10. The molecule has 1 aliphatic carbocycles. The summed E-state index contributed by atoms with van der Waals surface area (Å²) in [6.45, 7) is 1.26. The predicted molar refractivity (Wildman–Crippen MR) is 75.6 cm³/mol. The minimum absolute atomic E-state index is 0.160. The number of carbonyl (C=O) groups excluding carboxylic acids is 1. The van der Waals surface area contributed by atoms with E-state index in [2.05, 4.69) is 15.3 Å². The van der Waals surface area contributed by atoms with E-state index in [1.54, 1.807) is 31.0 Å². The fourth-order valence-electron chi connectivity index (χ4n) is 2.13.